The lowest BCUT2D eigenvalue weighted by molar-refractivity contribution is -0.141. The number of aliphatic imine (C=N–C) groups is 1. The van der Waals surface area contributed by atoms with Crippen LogP contribution in [0.3, 0.4) is 0 Å². The Kier molecular flexibility index (Phi) is 21.8. The fourth-order valence-corrected chi connectivity index (χ4v) is 4.92. The minimum Gasteiger partial charge on any atom is -0.480 e. The zero-order chi connectivity index (χ0) is 41.7. The third kappa shape index (κ3) is 18.7. The first kappa shape index (κ1) is 47.9. The molecule has 55 heavy (non-hydrogen) atoms. The van der Waals surface area contributed by atoms with Crippen molar-refractivity contribution in [3.63, 3.8) is 0 Å². The maximum atomic E-state index is 13.3. The van der Waals surface area contributed by atoms with Crippen molar-refractivity contribution in [1.29, 1.82) is 0 Å². The van der Waals surface area contributed by atoms with Crippen molar-refractivity contribution in [3.05, 3.63) is 35.9 Å². The summed E-state index contributed by atoms with van der Waals surface area (Å²) >= 11 is 7.82. The van der Waals surface area contributed by atoms with Crippen molar-refractivity contribution in [2.75, 3.05) is 31.1 Å². The Morgan fingerprint density at radius 2 is 1.29 bits per heavy atom. The number of nitrogens with one attached hydrogen (secondary N) is 7. The van der Waals surface area contributed by atoms with Crippen LogP contribution in [0, 0.1) is 0 Å². The molecule has 1 rings (SSSR count). The van der Waals surface area contributed by atoms with Gasteiger partial charge >= 0.3 is 5.97 Å². The van der Waals surface area contributed by atoms with Gasteiger partial charge in [0, 0.05) is 24.5 Å². The first-order valence-electron chi connectivity index (χ1n) is 16.9. The van der Waals surface area contributed by atoms with Crippen LogP contribution >= 0.6 is 25.3 Å². The number of rotatable bonds is 24. The average Bonchev–Trinajstić information content (AvgIpc) is 3.14. The number of hydrogen-bond donors (Lipinski definition) is 14. The van der Waals surface area contributed by atoms with Gasteiger partial charge < -0.3 is 64.6 Å². The van der Waals surface area contributed by atoms with Crippen LogP contribution in [0.5, 0.6) is 0 Å². The van der Waals surface area contributed by atoms with Gasteiger partial charge in [0.2, 0.25) is 41.4 Å². The van der Waals surface area contributed by atoms with Gasteiger partial charge in [0.25, 0.3) is 0 Å². The van der Waals surface area contributed by atoms with E-state index < -0.39 is 103 Å². The smallest absolute Gasteiger partial charge is 0.327 e. The summed E-state index contributed by atoms with van der Waals surface area (Å²) in [5, 5.41) is 36.1. The summed E-state index contributed by atoms with van der Waals surface area (Å²) in [6.07, 6.45) is -1.29. The molecule has 0 heterocycles. The standard InChI is InChI=1S/C32H51N11O10S2/c1-16(26(47)40-20(9-6-10-36-32(34)35)29(50)42-22(15-55)31(52)53)39-23(45)12-38-28(49)21(11-18-7-4-3-5-8-18)41-30(51)25(17(2)44)43-24(46)13-37-27(48)19(33)14-54/h3-5,7-8,16-17,19-22,25,44,54-55H,6,9-15,33H2,1-2H3,(H,37,48)(H,38,49)(H,39,45)(H,40,47)(H,41,51)(H,42,50)(H,43,46)(H,52,53)(H4,34,35,36)/t16-,17+,19-,20-,21-,22-,25-/m0/s1. The highest BCUT2D eigenvalue weighted by molar-refractivity contribution is 7.80. The summed E-state index contributed by atoms with van der Waals surface area (Å²) in [5.41, 5.74) is 16.8. The van der Waals surface area contributed by atoms with Gasteiger partial charge in [-0.1, -0.05) is 30.3 Å². The highest BCUT2D eigenvalue weighted by Gasteiger charge is 2.31. The first-order valence-corrected chi connectivity index (χ1v) is 18.2. The molecule has 0 aliphatic rings. The molecule has 1 aromatic carbocycles. The molecular weight excluding hydrogens is 763 g/mol. The number of aliphatic hydroxyl groups is 1. The number of carboxylic acid groups (broad SMARTS) is 1. The van der Waals surface area contributed by atoms with Crippen LogP contribution in [0.25, 0.3) is 0 Å². The minimum absolute atomic E-state index is 0.000209. The lowest BCUT2D eigenvalue weighted by atomic mass is 10.0. The van der Waals surface area contributed by atoms with E-state index in [2.05, 4.69) is 67.5 Å². The molecule has 7 atom stereocenters. The van der Waals surface area contributed by atoms with E-state index in [1.165, 1.54) is 13.8 Å². The SMILES string of the molecule is C[C@H](NC(=O)CNC(=O)[C@H](Cc1ccccc1)NC(=O)[C@@H](NC(=O)CNC(=O)[C@@H](N)CS)[C@@H](C)O)C(=O)N[C@@H](CCCN=C(N)N)C(=O)N[C@@H](CS)C(=O)O. The van der Waals surface area contributed by atoms with E-state index in [0.717, 1.165) is 0 Å². The molecule has 0 aromatic heterocycles. The van der Waals surface area contributed by atoms with Gasteiger partial charge in [-0.15, -0.1) is 0 Å². The number of nitrogens with zero attached hydrogens (tertiary/aromatic N) is 1. The highest BCUT2D eigenvalue weighted by atomic mass is 32.1. The van der Waals surface area contributed by atoms with Crippen LogP contribution in [0.2, 0.25) is 0 Å². The Morgan fingerprint density at radius 3 is 1.84 bits per heavy atom. The largest absolute Gasteiger partial charge is 0.480 e. The minimum atomic E-state index is -1.55. The number of aliphatic carboxylic acids is 1. The summed E-state index contributed by atoms with van der Waals surface area (Å²) < 4.78 is 0. The number of nitrogens with two attached hydrogens (primary N) is 3. The van der Waals surface area contributed by atoms with Gasteiger partial charge in [-0.2, -0.15) is 25.3 Å². The van der Waals surface area contributed by atoms with E-state index in [1.54, 1.807) is 30.3 Å². The molecule has 0 radical (unpaired) electrons. The van der Waals surface area contributed by atoms with E-state index in [-0.39, 0.29) is 43.3 Å². The van der Waals surface area contributed by atoms with Crippen LogP contribution in [-0.4, -0.2) is 137 Å². The molecule has 7 amide bonds. The van der Waals surface area contributed by atoms with Crippen molar-refractivity contribution < 1.29 is 48.6 Å². The summed E-state index contributed by atoms with van der Waals surface area (Å²) in [7, 11) is 0. The van der Waals surface area contributed by atoms with E-state index in [0.29, 0.717) is 5.56 Å². The van der Waals surface area contributed by atoms with Crippen molar-refractivity contribution in [2.24, 2.45) is 22.2 Å². The van der Waals surface area contributed by atoms with Crippen LogP contribution in [0.4, 0.5) is 0 Å². The Labute approximate surface area is 328 Å². The second kappa shape index (κ2) is 25.0. The summed E-state index contributed by atoms with van der Waals surface area (Å²) in [6, 6.07) is 0.806. The zero-order valence-corrected chi connectivity index (χ0v) is 32.1. The summed E-state index contributed by atoms with van der Waals surface area (Å²) in [4.78, 5) is 105. The van der Waals surface area contributed by atoms with Crippen molar-refractivity contribution in [1.82, 2.24) is 37.2 Å². The number of thiol groups is 2. The summed E-state index contributed by atoms with van der Waals surface area (Å²) in [6.45, 7) is 1.41. The molecule has 0 bridgehead atoms. The number of aliphatic hydroxyl groups excluding tert-OH is 1. The molecule has 0 saturated heterocycles. The van der Waals surface area contributed by atoms with Gasteiger partial charge in [-0.3, -0.25) is 38.6 Å². The van der Waals surface area contributed by atoms with Gasteiger partial charge in [-0.25, -0.2) is 4.79 Å². The fourth-order valence-electron chi connectivity index (χ4n) is 4.51. The van der Waals surface area contributed by atoms with Gasteiger partial charge in [-0.05, 0) is 32.3 Å². The Morgan fingerprint density at radius 1 is 0.727 bits per heavy atom. The molecule has 0 fully saturated rings. The van der Waals surface area contributed by atoms with Gasteiger partial charge in [0.05, 0.1) is 25.2 Å². The number of guanidine groups is 1. The molecule has 0 aliphatic heterocycles. The number of amides is 7. The maximum Gasteiger partial charge on any atom is 0.327 e. The van der Waals surface area contributed by atoms with E-state index >= 15 is 0 Å². The molecule has 306 valence electrons. The second-order valence-electron chi connectivity index (χ2n) is 12.1. The lowest BCUT2D eigenvalue weighted by Gasteiger charge is -2.25. The van der Waals surface area contributed by atoms with E-state index in [1.807, 2.05) is 0 Å². The third-order valence-corrected chi connectivity index (χ3v) is 8.28. The fraction of sp³-hybridized carbons (Fsp3) is 0.531. The monoisotopic (exact) mass is 813 g/mol. The second-order valence-corrected chi connectivity index (χ2v) is 12.9. The zero-order valence-electron chi connectivity index (χ0n) is 30.3. The molecule has 0 unspecified atom stereocenters. The highest BCUT2D eigenvalue weighted by Crippen LogP contribution is 2.06. The van der Waals surface area contributed by atoms with E-state index in [4.69, 9.17) is 17.2 Å². The quantitative estimate of drug-likeness (QED) is 0.0201. The Hall–Kier alpha value is -5.13. The number of carbonyl (C=O) groups is 8. The number of carbonyl (C=O) groups excluding carboxylic acids is 7. The van der Waals surface area contributed by atoms with Crippen LogP contribution < -0.4 is 54.4 Å². The maximum absolute atomic E-state index is 13.3. The van der Waals surface area contributed by atoms with Crippen molar-refractivity contribution in [2.45, 2.75) is 75.5 Å². The first-order chi connectivity index (χ1) is 25.9. The predicted molar refractivity (Wildman–Crippen MR) is 206 cm³/mol. The van der Waals surface area contributed by atoms with Gasteiger partial charge in [0.15, 0.2) is 5.96 Å². The molecular formula is C32H51N11O10S2. The van der Waals surface area contributed by atoms with Crippen molar-refractivity contribution >= 4 is 78.5 Å². The summed E-state index contributed by atoms with van der Waals surface area (Å²) in [5.74, 6) is -7.48. The molecule has 0 saturated carbocycles. The molecule has 23 heteroatoms. The van der Waals surface area contributed by atoms with Gasteiger partial charge in [0.1, 0.15) is 30.2 Å². The lowest BCUT2D eigenvalue weighted by Crippen LogP contribution is -2.59. The molecule has 0 spiro atoms. The third-order valence-electron chi connectivity index (χ3n) is 7.52. The Balaban J connectivity index is 2.97. The topological polar surface area (TPSA) is 352 Å². The normalized spacial score (nSPS) is 14.5. The van der Waals surface area contributed by atoms with Crippen LogP contribution in [0.15, 0.2) is 35.3 Å². The van der Waals surface area contributed by atoms with Crippen LogP contribution in [0.1, 0.15) is 32.3 Å². The molecule has 15 N–H and O–H groups in total. The van der Waals surface area contributed by atoms with E-state index in [9.17, 15) is 48.6 Å². The molecule has 21 nitrogen and oxygen atoms in total. The number of carboxylic acids is 1. The van der Waals surface area contributed by atoms with Crippen LogP contribution in [-0.2, 0) is 44.8 Å². The molecule has 0 aliphatic carbocycles. The molecule has 1 aromatic rings. The number of hydrogen-bond acceptors (Lipinski definition) is 13. The predicted octanol–water partition coefficient (Wildman–Crippen LogP) is -5.39. The number of benzene rings is 1. The Bertz CT molecular complexity index is 1520. The average molecular weight is 814 g/mol. The van der Waals surface area contributed by atoms with Crippen molar-refractivity contribution in [3.8, 4) is 0 Å².